The van der Waals surface area contributed by atoms with Crippen molar-refractivity contribution < 1.29 is 4.84 Å². The molecule has 0 atom stereocenters. The molecule has 0 spiro atoms. The fourth-order valence-corrected chi connectivity index (χ4v) is 2.84. The van der Waals surface area contributed by atoms with Gasteiger partial charge in [0.1, 0.15) is 18.5 Å². The van der Waals surface area contributed by atoms with E-state index >= 15 is 0 Å². The molecule has 0 amide bonds. The van der Waals surface area contributed by atoms with Crippen molar-refractivity contribution in [1.29, 1.82) is 0 Å². The molecule has 0 bridgehead atoms. The molecule has 4 aromatic rings. The number of rotatable bonds is 6. The fraction of sp³-hybridized carbons (Fsp3) is 0.167. The Balaban J connectivity index is 1.66. The lowest BCUT2D eigenvalue weighted by molar-refractivity contribution is 0.132. The van der Waals surface area contributed by atoms with E-state index in [0.717, 1.165) is 16.6 Å². The summed E-state index contributed by atoms with van der Waals surface area (Å²) in [5.74, 6) is 0.852. The van der Waals surface area contributed by atoms with Gasteiger partial charge in [0.05, 0.1) is 17.9 Å². The number of oxime groups is 1. The second kappa shape index (κ2) is 7.24. The minimum atomic E-state index is 0.273. The molecule has 0 unspecified atom stereocenters. The van der Waals surface area contributed by atoms with Crippen LogP contribution in [0.2, 0.25) is 0 Å². The average Bonchev–Trinajstić information content (AvgIpc) is 3.29. The third-order valence-electron chi connectivity index (χ3n) is 4.08. The van der Waals surface area contributed by atoms with E-state index in [1.165, 1.54) is 11.0 Å². The number of aromatic nitrogens is 6. The minimum absolute atomic E-state index is 0.273. The maximum Gasteiger partial charge on any atom is 0.235 e. The third-order valence-corrected chi connectivity index (χ3v) is 4.08. The Hall–Kier alpha value is -3.75. The number of fused-ring (bicyclic) bond motifs is 1. The summed E-state index contributed by atoms with van der Waals surface area (Å²) in [7, 11) is 0. The van der Waals surface area contributed by atoms with Crippen LogP contribution in [0.4, 0.5) is 5.95 Å². The molecule has 136 valence electrons. The molecule has 0 radical (unpaired) electrons. The molecular formula is C18H18N8O. The van der Waals surface area contributed by atoms with Gasteiger partial charge in [-0.3, -0.25) is 4.98 Å². The molecule has 0 aliphatic heterocycles. The smallest absolute Gasteiger partial charge is 0.235 e. The number of nitrogens with two attached hydrogens (primary N) is 1. The van der Waals surface area contributed by atoms with Crippen molar-refractivity contribution in [2.24, 2.45) is 5.16 Å². The van der Waals surface area contributed by atoms with Gasteiger partial charge < -0.3 is 15.1 Å². The van der Waals surface area contributed by atoms with Crippen molar-refractivity contribution in [2.75, 3.05) is 5.73 Å². The monoisotopic (exact) mass is 362 g/mol. The van der Waals surface area contributed by atoms with Crippen LogP contribution >= 0.6 is 0 Å². The molecule has 9 nitrogen and oxygen atoms in total. The molecule has 0 saturated heterocycles. The first-order chi connectivity index (χ1) is 13.3. The highest BCUT2D eigenvalue weighted by Gasteiger charge is 2.16. The van der Waals surface area contributed by atoms with E-state index in [4.69, 9.17) is 10.6 Å². The zero-order valence-corrected chi connectivity index (χ0v) is 14.7. The Labute approximate surface area is 155 Å². The number of nitrogen functional groups attached to an aromatic ring is 1. The second-order valence-electron chi connectivity index (χ2n) is 5.78. The van der Waals surface area contributed by atoms with Gasteiger partial charge in [-0.05, 0) is 12.5 Å². The summed E-state index contributed by atoms with van der Waals surface area (Å²) in [5.41, 5.74) is 9.32. The zero-order valence-electron chi connectivity index (χ0n) is 14.7. The summed E-state index contributed by atoms with van der Waals surface area (Å²) in [6.07, 6.45) is 6.45. The SMILES string of the molecule is CCn1c(-n2ncnc2N)nc2cncc(/C=N/OCc3ccccc3)c21. The van der Waals surface area contributed by atoms with Gasteiger partial charge in [0.2, 0.25) is 11.9 Å². The van der Waals surface area contributed by atoms with Crippen molar-refractivity contribution in [3.8, 4) is 5.95 Å². The lowest BCUT2D eigenvalue weighted by atomic mass is 10.2. The van der Waals surface area contributed by atoms with Gasteiger partial charge in [0.25, 0.3) is 0 Å². The average molecular weight is 362 g/mol. The number of aryl methyl sites for hydroxylation is 1. The van der Waals surface area contributed by atoms with Crippen LogP contribution in [-0.4, -0.2) is 35.5 Å². The van der Waals surface area contributed by atoms with E-state index in [0.29, 0.717) is 24.6 Å². The predicted molar refractivity (Wildman–Crippen MR) is 101 cm³/mol. The Bertz CT molecular complexity index is 1080. The first-order valence-corrected chi connectivity index (χ1v) is 8.47. The molecule has 0 aliphatic carbocycles. The highest BCUT2D eigenvalue weighted by atomic mass is 16.6. The summed E-state index contributed by atoms with van der Waals surface area (Å²) in [6, 6.07) is 9.86. The van der Waals surface area contributed by atoms with E-state index in [2.05, 4.69) is 25.2 Å². The van der Waals surface area contributed by atoms with Crippen molar-refractivity contribution in [1.82, 2.24) is 29.3 Å². The zero-order chi connectivity index (χ0) is 18.6. The summed E-state index contributed by atoms with van der Waals surface area (Å²) >= 11 is 0. The minimum Gasteiger partial charge on any atom is -0.391 e. The van der Waals surface area contributed by atoms with Gasteiger partial charge in [-0.1, -0.05) is 35.5 Å². The van der Waals surface area contributed by atoms with Crippen LogP contribution in [-0.2, 0) is 18.0 Å². The van der Waals surface area contributed by atoms with Gasteiger partial charge in [-0.25, -0.2) is 4.98 Å². The molecule has 3 aromatic heterocycles. The fourth-order valence-electron chi connectivity index (χ4n) is 2.84. The maximum atomic E-state index is 5.88. The number of hydrogen-bond donors (Lipinski definition) is 1. The van der Waals surface area contributed by atoms with E-state index < -0.39 is 0 Å². The largest absolute Gasteiger partial charge is 0.391 e. The molecule has 2 N–H and O–H groups in total. The lowest BCUT2D eigenvalue weighted by Crippen LogP contribution is -2.10. The Kier molecular flexibility index (Phi) is 4.48. The first-order valence-electron chi connectivity index (χ1n) is 8.47. The number of imidazole rings is 1. The Morgan fingerprint density at radius 2 is 2.07 bits per heavy atom. The van der Waals surface area contributed by atoms with E-state index in [1.807, 2.05) is 41.8 Å². The lowest BCUT2D eigenvalue weighted by Gasteiger charge is -2.07. The summed E-state index contributed by atoms with van der Waals surface area (Å²) in [5, 5.41) is 8.23. The van der Waals surface area contributed by atoms with Gasteiger partial charge >= 0.3 is 0 Å². The van der Waals surface area contributed by atoms with Crippen molar-refractivity contribution in [3.05, 3.63) is 60.2 Å². The summed E-state index contributed by atoms with van der Waals surface area (Å²) in [6.45, 7) is 3.08. The Morgan fingerprint density at radius 1 is 1.22 bits per heavy atom. The van der Waals surface area contributed by atoms with Crippen LogP contribution in [0.5, 0.6) is 0 Å². The molecule has 4 rings (SSSR count). The normalized spacial score (nSPS) is 11.4. The van der Waals surface area contributed by atoms with E-state index in [1.54, 1.807) is 18.6 Å². The molecular weight excluding hydrogens is 344 g/mol. The first kappa shape index (κ1) is 16.7. The maximum absolute atomic E-state index is 5.88. The number of pyridine rings is 1. The van der Waals surface area contributed by atoms with Gasteiger partial charge in [-0.15, -0.1) is 0 Å². The highest BCUT2D eigenvalue weighted by Crippen LogP contribution is 2.21. The van der Waals surface area contributed by atoms with E-state index in [-0.39, 0.29) is 5.95 Å². The van der Waals surface area contributed by atoms with Gasteiger partial charge in [0, 0.05) is 18.3 Å². The Morgan fingerprint density at radius 3 is 2.81 bits per heavy atom. The number of benzene rings is 1. The van der Waals surface area contributed by atoms with E-state index in [9.17, 15) is 0 Å². The molecule has 0 aliphatic rings. The van der Waals surface area contributed by atoms with Crippen molar-refractivity contribution in [2.45, 2.75) is 20.1 Å². The summed E-state index contributed by atoms with van der Waals surface area (Å²) < 4.78 is 3.48. The van der Waals surface area contributed by atoms with Crippen LogP contribution in [0, 0.1) is 0 Å². The highest BCUT2D eigenvalue weighted by molar-refractivity contribution is 5.96. The molecule has 0 fully saturated rings. The predicted octanol–water partition coefficient (Wildman–Crippen LogP) is 2.16. The molecule has 27 heavy (non-hydrogen) atoms. The summed E-state index contributed by atoms with van der Waals surface area (Å²) in [4.78, 5) is 18.2. The van der Waals surface area contributed by atoms with Crippen LogP contribution in [0.3, 0.4) is 0 Å². The number of anilines is 1. The molecule has 1 aromatic carbocycles. The van der Waals surface area contributed by atoms with Crippen molar-refractivity contribution >= 4 is 23.2 Å². The van der Waals surface area contributed by atoms with Gasteiger partial charge in [0.15, 0.2) is 0 Å². The van der Waals surface area contributed by atoms with Crippen LogP contribution < -0.4 is 5.73 Å². The second-order valence-corrected chi connectivity index (χ2v) is 5.78. The van der Waals surface area contributed by atoms with Crippen LogP contribution in [0.25, 0.3) is 17.0 Å². The standard InChI is InChI=1S/C18H18N8O/c1-2-25-16-14(9-23-27-11-13-6-4-3-5-7-13)8-20-10-15(16)24-18(25)26-17(19)21-12-22-26/h3-10,12H,2,11H2,1H3,(H2,19,21,22)/b23-9+. The van der Waals surface area contributed by atoms with Gasteiger partial charge in [-0.2, -0.15) is 14.8 Å². The number of hydrogen-bond acceptors (Lipinski definition) is 7. The molecule has 3 heterocycles. The quantitative estimate of drug-likeness (QED) is 0.416. The molecule has 9 heteroatoms. The van der Waals surface area contributed by atoms with Crippen LogP contribution in [0.15, 0.2) is 54.2 Å². The topological polar surface area (TPSA) is 109 Å². The number of nitrogens with zero attached hydrogens (tertiary/aromatic N) is 7. The van der Waals surface area contributed by atoms with Crippen molar-refractivity contribution in [3.63, 3.8) is 0 Å². The third kappa shape index (κ3) is 3.22. The van der Waals surface area contributed by atoms with Crippen LogP contribution in [0.1, 0.15) is 18.1 Å². The molecule has 0 saturated carbocycles.